The van der Waals surface area contributed by atoms with Gasteiger partial charge in [0, 0.05) is 11.5 Å². The predicted molar refractivity (Wildman–Crippen MR) is 98.8 cm³/mol. The Hall–Kier alpha value is -4.02. The van der Waals surface area contributed by atoms with E-state index in [0.717, 1.165) is 11.5 Å². The third kappa shape index (κ3) is 4.69. The van der Waals surface area contributed by atoms with Crippen LogP contribution in [0.1, 0.15) is 16.1 Å². The molecule has 0 aliphatic rings. The van der Waals surface area contributed by atoms with Gasteiger partial charge in [-0.15, -0.1) is 0 Å². The zero-order valence-corrected chi connectivity index (χ0v) is 15.0. The van der Waals surface area contributed by atoms with Gasteiger partial charge in [0.25, 0.3) is 11.6 Å². The molecule has 1 heterocycles. The van der Waals surface area contributed by atoms with Crippen LogP contribution >= 0.6 is 0 Å². The van der Waals surface area contributed by atoms with Gasteiger partial charge in [0.2, 0.25) is 0 Å². The van der Waals surface area contributed by atoms with Crippen molar-refractivity contribution >= 4 is 34.2 Å². The van der Waals surface area contributed by atoms with Crippen LogP contribution in [0.5, 0.6) is 0 Å². The number of aromatic nitrogens is 1. The number of nitrogens with one attached hydrogen (secondary N) is 1. The fourth-order valence-electron chi connectivity index (χ4n) is 2.54. The molecule has 1 N–H and O–H groups in total. The number of alkyl halides is 3. The number of carbonyl (C=O) groups is 2. The molecule has 0 spiro atoms. The van der Waals surface area contributed by atoms with Gasteiger partial charge in [-0.2, -0.15) is 13.2 Å². The minimum atomic E-state index is -4.78. The summed E-state index contributed by atoms with van der Waals surface area (Å²) in [5, 5.41) is 13.9. The molecule has 3 rings (SSSR count). The van der Waals surface area contributed by atoms with E-state index in [1.54, 1.807) is 30.3 Å². The molecule has 0 saturated carbocycles. The summed E-state index contributed by atoms with van der Waals surface area (Å²) in [6, 6.07) is 11.7. The predicted octanol–water partition coefficient (Wildman–Crippen LogP) is 3.96. The van der Waals surface area contributed by atoms with Gasteiger partial charge in [-0.25, -0.2) is 9.78 Å². The Kier molecular flexibility index (Phi) is 5.63. The summed E-state index contributed by atoms with van der Waals surface area (Å²) >= 11 is 0. The molecule has 11 heteroatoms. The van der Waals surface area contributed by atoms with E-state index in [0.29, 0.717) is 17.6 Å². The topological polar surface area (TPSA) is 111 Å². The normalized spacial score (nSPS) is 11.2. The summed E-state index contributed by atoms with van der Waals surface area (Å²) in [5.41, 5.74) is -2.15. The molecule has 0 aliphatic carbocycles. The Bertz CT molecular complexity index is 1150. The second-order valence-electron chi connectivity index (χ2n) is 6.00. The second kappa shape index (κ2) is 8.15. The molecule has 0 saturated heterocycles. The molecule has 1 amide bonds. The van der Waals surface area contributed by atoms with Gasteiger partial charge in [0.15, 0.2) is 6.61 Å². The number of hydrogen-bond donors (Lipinski definition) is 1. The van der Waals surface area contributed by atoms with Crippen LogP contribution in [-0.2, 0) is 15.7 Å². The molecular weight excluding hydrogens is 407 g/mol. The maximum Gasteiger partial charge on any atom is 0.416 e. The molecule has 0 radical (unpaired) electrons. The average Bonchev–Trinajstić information content (AvgIpc) is 2.71. The van der Waals surface area contributed by atoms with Gasteiger partial charge < -0.3 is 10.1 Å². The van der Waals surface area contributed by atoms with E-state index >= 15 is 0 Å². The molecule has 0 fully saturated rings. The Morgan fingerprint density at radius 1 is 1.10 bits per heavy atom. The number of benzene rings is 2. The van der Waals surface area contributed by atoms with E-state index in [4.69, 9.17) is 4.74 Å². The minimum Gasteiger partial charge on any atom is -0.451 e. The monoisotopic (exact) mass is 419 g/mol. The largest absolute Gasteiger partial charge is 0.451 e. The Labute approximate surface area is 166 Å². The summed E-state index contributed by atoms with van der Waals surface area (Å²) in [6.45, 7) is -0.814. The lowest BCUT2D eigenvalue weighted by molar-refractivity contribution is -0.384. The summed E-state index contributed by atoms with van der Waals surface area (Å²) in [5.74, 6) is -1.87. The Morgan fingerprint density at radius 2 is 1.83 bits per heavy atom. The molecule has 154 valence electrons. The van der Waals surface area contributed by atoms with Crippen molar-refractivity contribution in [2.75, 3.05) is 11.9 Å². The van der Waals surface area contributed by atoms with Crippen LogP contribution in [0.2, 0.25) is 0 Å². The number of para-hydroxylation sites is 1. The Balaban J connectivity index is 1.68. The Morgan fingerprint density at radius 3 is 2.53 bits per heavy atom. The lowest BCUT2D eigenvalue weighted by atomic mass is 10.1. The maximum absolute atomic E-state index is 12.7. The number of hydrogen-bond acceptors (Lipinski definition) is 6. The number of esters is 1. The van der Waals surface area contributed by atoms with Crippen molar-refractivity contribution in [1.82, 2.24) is 4.98 Å². The number of halogens is 3. The number of nitrogens with zero attached hydrogens (tertiary/aromatic N) is 2. The van der Waals surface area contributed by atoms with Crippen molar-refractivity contribution in [2.24, 2.45) is 0 Å². The highest BCUT2D eigenvalue weighted by Crippen LogP contribution is 2.34. The first-order valence-corrected chi connectivity index (χ1v) is 8.33. The van der Waals surface area contributed by atoms with E-state index in [9.17, 15) is 32.9 Å². The number of carbonyl (C=O) groups excluding carboxylic acids is 2. The van der Waals surface area contributed by atoms with Gasteiger partial charge >= 0.3 is 12.1 Å². The summed E-state index contributed by atoms with van der Waals surface area (Å²) in [4.78, 5) is 38.1. The van der Waals surface area contributed by atoms with Gasteiger partial charge in [-0.05, 0) is 24.3 Å². The van der Waals surface area contributed by atoms with E-state index in [2.05, 4.69) is 10.3 Å². The first kappa shape index (κ1) is 20.7. The molecule has 2 aromatic carbocycles. The van der Waals surface area contributed by atoms with E-state index < -0.39 is 46.5 Å². The molecule has 3 aromatic rings. The first-order chi connectivity index (χ1) is 14.1. The van der Waals surface area contributed by atoms with Crippen LogP contribution in [-0.4, -0.2) is 28.4 Å². The fourth-order valence-corrected chi connectivity index (χ4v) is 2.54. The number of ether oxygens (including phenoxy) is 1. The molecule has 30 heavy (non-hydrogen) atoms. The van der Waals surface area contributed by atoms with Gasteiger partial charge in [-0.1, -0.05) is 24.3 Å². The number of fused-ring (bicyclic) bond motifs is 1. The standard InChI is InChI=1S/C19H12F3N3O5/c20-19(21,22)12-6-8-14(16(9-12)25(28)29)24-17(26)10-30-18(27)15-7-5-11-3-1-2-4-13(11)23-15/h1-9H,10H2,(H,24,26). The average molecular weight is 419 g/mol. The number of rotatable bonds is 5. The quantitative estimate of drug-likeness (QED) is 0.381. The molecular formula is C19H12F3N3O5. The SMILES string of the molecule is O=C(COC(=O)c1ccc2ccccc2n1)Nc1ccc(C(F)(F)F)cc1[N+](=O)[O-]. The van der Waals surface area contributed by atoms with Gasteiger partial charge in [-0.3, -0.25) is 14.9 Å². The number of nitro groups is 1. The van der Waals surface area contributed by atoms with Crippen LogP contribution < -0.4 is 5.32 Å². The van der Waals surface area contributed by atoms with Gasteiger partial charge in [0.1, 0.15) is 11.4 Å². The van der Waals surface area contributed by atoms with Crippen molar-refractivity contribution in [2.45, 2.75) is 6.18 Å². The van der Waals surface area contributed by atoms with Gasteiger partial charge in [0.05, 0.1) is 16.0 Å². The zero-order chi connectivity index (χ0) is 21.9. The smallest absolute Gasteiger partial charge is 0.416 e. The van der Waals surface area contributed by atoms with Crippen molar-refractivity contribution in [3.05, 3.63) is 76.0 Å². The highest BCUT2D eigenvalue weighted by molar-refractivity contribution is 5.97. The highest BCUT2D eigenvalue weighted by atomic mass is 19.4. The molecule has 0 unspecified atom stereocenters. The number of amides is 1. The van der Waals surface area contributed by atoms with Crippen LogP contribution in [0.25, 0.3) is 10.9 Å². The first-order valence-electron chi connectivity index (χ1n) is 8.33. The highest BCUT2D eigenvalue weighted by Gasteiger charge is 2.33. The molecule has 0 bridgehead atoms. The van der Waals surface area contributed by atoms with Crippen LogP contribution in [0.3, 0.4) is 0 Å². The maximum atomic E-state index is 12.7. The van der Waals surface area contributed by atoms with Crippen LogP contribution in [0, 0.1) is 10.1 Å². The second-order valence-corrected chi connectivity index (χ2v) is 6.00. The van der Waals surface area contributed by atoms with E-state index in [-0.39, 0.29) is 5.69 Å². The summed E-state index contributed by atoms with van der Waals surface area (Å²) < 4.78 is 43.0. The molecule has 8 nitrogen and oxygen atoms in total. The fraction of sp³-hybridized carbons (Fsp3) is 0.105. The van der Waals surface area contributed by atoms with Crippen molar-refractivity contribution in [3.63, 3.8) is 0 Å². The zero-order valence-electron chi connectivity index (χ0n) is 15.0. The third-order valence-electron chi connectivity index (χ3n) is 3.94. The van der Waals surface area contributed by atoms with Crippen LogP contribution in [0.4, 0.5) is 24.5 Å². The minimum absolute atomic E-state index is 0.0537. The lowest BCUT2D eigenvalue weighted by Crippen LogP contribution is -2.22. The summed E-state index contributed by atoms with van der Waals surface area (Å²) in [7, 11) is 0. The van der Waals surface area contributed by atoms with Crippen molar-refractivity contribution < 1.29 is 32.4 Å². The number of pyridine rings is 1. The number of nitro benzene ring substituents is 1. The van der Waals surface area contributed by atoms with Crippen LogP contribution in [0.15, 0.2) is 54.6 Å². The molecule has 1 aromatic heterocycles. The van der Waals surface area contributed by atoms with Crippen molar-refractivity contribution in [3.8, 4) is 0 Å². The molecule has 0 aliphatic heterocycles. The van der Waals surface area contributed by atoms with Crippen molar-refractivity contribution in [1.29, 1.82) is 0 Å². The molecule has 0 atom stereocenters. The third-order valence-corrected chi connectivity index (χ3v) is 3.94. The lowest BCUT2D eigenvalue weighted by Gasteiger charge is -2.10. The van der Waals surface area contributed by atoms with E-state index in [1.807, 2.05) is 0 Å². The number of anilines is 1. The van der Waals surface area contributed by atoms with E-state index in [1.165, 1.54) is 6.07 Å². The summed E-state index contributed by atoms with van der Waals surface area (Å²) in [6.07, 6.45) is -4.78.